The first-order valence-electron chi connectivity index (χ1n) is 7.80. The number of aryl methyl sites for hydroxylation is 2. The Morgan fingerprint density at radius 3 is 2.57 bits per heavy atom. The first kappa shape index (κ1) is 16.0. The monoisotopic (exact) mass is 334 g/mol. The maximum Gasteiger partial charge on any atom is 0.244 e. The summed E-state index contributed by atoms with van der Waals surface area (Å²) >= 11 is 0. The minimum atomic E-state index is -3.56. The molecule has 0 unspecified atom stereocenters. The predicted molar refractivity (Wildman–Crippen MR) is 89.9 cm³/mol. The van der Waals surface area contributed by atoms with E-state index in [9.17, 15) is 8.42 Å². The van der Waals surface area contributed by atoms with Gasteiger partial charge < -0.3 is 4.90 Å². The lowest BCUT2D eigenvalue weighted by Crippen LogP contribution is -2.26. The van der Waals surface area contributed by atoms with Crippen molar-refractivity contribution in [3.8, 4) is 0 Å². The van der Waals surface area contributed by atoms with Crippen molar-refractivity contribution in [1.29, 1.82) is 0 Å². The zero-order valence-electron chi connectivity index (χ0n) is 13.5. The summed E-state index contributed by atoms with van der Waals surface area (Å²) in [5.41, 5.74) is 2.63. The molecule has 0 atom stereocenters. The van der Waals surface area contributed by atoms with E-state index in [2.05, 4.69) is 20.8 Å². The van der Waals surface area contributed by atoms with E-state index >= 15 is 0 Å². The van der Waals surface area contributed by atoms with E-state index in [4.69, 9.17) is 0 Å². The summed E-state index contributed by atoms with van der Waals surface area (Å²) in [6, 6.07) is 7.98. The van der Waals surface area contributed by atoms with Gasteiger partial charge in [-0.15, -0.1) is 0 Å². The van der Waals surface area contributed by atoms with Crippen LogP contribution in [0.3, 0.4) is 0 Å². The molecule has 1 aliphatic rings. The predicted octanol–water partition coefficient (Wildman–Crippen LogP) is 1.81. The average Bonchev–Trinajstić information content (AvgIpc) is 3.15. The summed E-state index contributed by atoms with van der Waals surface area (Å²) in [7, 11) is -1.84. The van der Waals surface area contributed by atoms with Gasteiger partial charge in [0.05, 0.1) is 5.69 Å². The molecule has 1 saturated heterocycles. The fourth-order valence-electron chi connectivity index (χ4n) is 3.02. The number of hydrogen-bond acceptors (Lipinski definition) is 4. The molecule has 1 fully saturated rings. The molecule has 23 heavy (non-hydrogen) atoms. The molecule has 0 bridgehead atoms. The molecule has 1 aromatic heterocycles. The lowest BCUT2D eigenvalue weighted by atomic mass is 10.1. The van der Waals surface area contributed by atoms with E-state index in [0.717, 1.165) is 24.3 Å². The number of rotatable bonds is 5. The highest BCUT2D eigenvalue weighted by molar-refractivity contribution is 7.89. The van der Waals surface area contributed by atoms with Crippen LogP contribution in [0.5, 0.6) is 0 Å². The van der Waals surface area contributed by atoms with Crippen LogP contribution in [-0.4, -0.2) is 31.3 Å². The van der Waals surface area contributed by atoms with Gasteiger partial charge in [0, 0.05) is 38.6 Å². The largest absolute Gasteiger partial charge is 0.371 e. The van der Waals surface area contributed by atoms with Crippen LogP contribution in [0.15, 0.2) is 35.4 Å². The molecule has 7 heteroatoms. The quantitative estimate of drug-likeness (QED) is 0.905. The molecule has 2 heterocycles. The smallest absolute Gasteiger partial charge is 0.244 e. The van der Waals surface area contributed by atoms with Crippen molar-refractivity contribution in [3.05, 3.63) is 41.7 Å². The average molecular weight is 334 g/mol. The van der Waals surface area contributed by atoms with E-state index in [1.165, 1.54) is 23.7 Å². The highest BCUT2D eigenvalue weighted by Gasteiger charge is 2.21. The summed E-state index contributed by atoms with van der Waals surface area (Å²) in [4.78, 5) is 2.55. The first-order chi connectivity index (χ1) is 11.0. The number of para-hydroxylation sites is 1. The second-order valence-corrected chi connectivity index (χ2v) is 7.64. The van der Waals surface area contributed by atoms with Gasteiger partial charge in [0.15, 0.2) is 0 Å². The van der Waals surface area contributed by atoms with E-state index in [-0.39, 0.29) is 11.4 Å². The summed E-state index contributed by atoms with van der Waals surface area (Å²) in [6.07, 6.45) is 3.91. The second-order valence-electron chi connectivity index (χ2n) is 5.90. The Bertz CT molecular complexity index is 792. The third kappa shape index (κ3) is 3.40. The minimum absolute atomic E-state index is 0.235. The first-order valence-corrected chi connectivity index (χ1v) is 9.28. The molecule has 124 valence electrons. The molecule has 0 spiro atoms. The normalized spacial score (nSPS) is 15.3. The maximum atomic E-state index is 12.5. The van der Waals surface area contributed by atoms with Crippen molar-refractivity contribution >= 4 is 15.7 Å². The summed E-state index contributed by atoms with van der Waals surface area (Å²) in [6.45, 7) is 4.05. The van der Waals surface area contributed by atoms with Crippen molar-refractivity contribution in [2.24, 2.45) is 7.05 Å². The van der Waals surface area contributed by atoms with Crippen molar-refractivity contribution in [3.63, 3.8) is 0 Å². The van der Waals surface area contributed by atoms with Gasteiger partial charge in [0.1, 0.15) is 4.90 Å². The molecule has 2 aromatic rings. The Balaban J connectivity index is 1.79. The van der Waals surface area contributed by atoms with Gasteiger partial charge in [-0.1, -0.05) is 18.2 Å². The Morgan fingerprint density at radius 1 is 1.22 bits per heavy atom. The summed E-state index contributed by atoms with van der Waals surface area (Å²) in [5.74, 6) is 0. The second kappa shape index (κ2) is 6.33. The molecule has 0 saturated carbocycles. The molecule has 1 aliphatic heterocycles. The van der Waals surface area contributed by atoms with Crippen LogP contribution in [0.1, 0.15) is 24.1 Å². The molecular weight excluding hydrogens is 312 g/mol. The van der Waals surface area contributed by atoms with Crippen LogP contribution in [0.4, 0.5) is 5.69 Å². The van der Waals surface area contributed by atoms with Crippen LogP contribution in [0.25, 0.3) is 0 Å². The number of sulfonamides is 1. The van der Waals surface area contributed by atoms with Crippen molar-refractivity contribution in [1.82, 2.24) is 14.5 Å². The minimum Gasteiger partial charge on any atom is -0.371 e. The number of anilines is 1. The molecule has 0 aliphatic carbocycles. The van der Waals surface area contributed by atoms with Crippen LogP contribution in [-0.2, 0) is 23.6 Å². The Hall–Kier alpha value is -1.86. The number of benzene rings is 1. The zero-order chi connectivity index (χ0) is 16.4. The highest BCUT2D eigenvalue weighted by atomic mass is 32.2. The van der Waals surface area contributed by atoms with Crippen molar-refractivity contribution in [2.75, 3.05) is 18.0 Å². The van der Waals surface area contributed by atoms with Crippen LogP contribution < -0.4 is 9.62 Å². The molecule has 1 aromatic carbocycles. The fraction of sp³-hybridized carbons (Fsp3) is 0.438. The Kier molecular flexibility index (Phi) is 4.41. The van der Waals surface area contributed by atoms with Crippen LogP contribution >= 0.6 is 0 Å². The van der Waals surface area contributed by atoms with Gasteiger partial charge >= 0.3 is 0 Å². The van der Waals surface area contributed by atoms with Crippen molar-refractivity contribution in [2.45, 2.75) is 31.2 Å². The number of nitrogens with one attached hydrogen (secondary N) is 1. The third-order valence-corrected chi connectivity index (χ3v) is 5.65. The molecule has 3 rings (SSSR count). The Labute approximate surface area is 137 Å². The van der Waals surface area contributed by atoms with Gasteiger partial charge in [0.2, 0.25) is 10.0 Å². The summed E-state index contributed by atoms with van der Waals surface area (Å²) in [5, 5.41) is 4.10. The zero-order valence-corrected chi connectivity index (χ0v) is 14.3. The van der Waals surface area contributed by atoms with Crippen LogP contribution in [0, 0.1) is 6.92 Å². The molecule has 6 nitrogen and oxygen atoms in total. The number of nitrogens with zero attached hydrogens (tertiary/aromatic N) is 3. The number of aromatic nitrogens is 2. The SMILES string of the molecule is Cc1nn(C)cc1S(=O)(=O)NCc1ccccc1N1CCCC1. The fourth-order valence-corrected chi connectivity index (χ4v) is 4.24. The lowest BCUT2D eigenvalue weighted by molar-refractivity contribution is 0.580. The summed E-state index contributed by atoms with van der Waals surface area (Å²) < 4.78 is 29.2. The molecule has 1 N–H and O–H groups in total. The highest BCUT2D eigenvalue weighted by Crippen LogP contribution is 2.25. The molecule has 0 amide bonds. The van der Waals surface area contributed by atoms with Gasteiger partial charge in [-0.3, -0.25) is 4.68 Å². The van der Waals surface area contributed by atoms with Gasteiger partial charge in [-0.25, -0.2) is 13.1 Å². The van der Waals surface area contributed by atoms with E-state index in [0.29, 0.717) is 5.69 Å². The topological polar surface area (TPSA) is 67.2 Å². The van der Waals surface area contributed by atoms with Gasteiger partial charge in [-0.05, 0) is 31.4 Å². The van der Waals surface area contributed by atoms with Gasteiger partial charge in [0.25, 0.3) is 0 Å². The van der Waals surface area contributed by atoms with Crippen molar-refractivity contribution < 1.29 is 8.42 Å². The van der Waals surface area contributed by atoms with E-state index in [1.54, 1.807) is 14.0 Å². The maximum absolute atomic E-state index is 12.5. The number of hydrogen-bond donors (Lipinski definition) is 1. The lowest BCUT2D eigenvalue weighted by Gasteiger charge is -2.21. The molecule has 0 radical (unpaired) electrons. The van der Waals surface area contributed by atoms with E-state index < -0.39 is 10.0 Å². The van der Waals surface area contributed by atoms with E-state index in [1.807, 2.05) is 18.2 Å². The Morgan fingerprint density at radius 2 is 1.91 bits per heavy atom. The van der Waals surface area contributed by atoms with Crippen LogP contribution in [0.2, 0.25) is 0 Å². The standard InChI is InChI=1S/C16H22N4O2S/c1-13-16(12-19(2)18-13)23(21,22)17-11-14-7-3-4-8-15(14)20-9-5-6-10-20/h3-4,7-8,12,17H,5-6,9-11H2,1-2H3. The third-order valence-electron chi connectivity index (χ3n) is 4.15. The van der Waals surface area contributed by atoms with Gasteiger partial charge in [-0.2, -0.15) is 5.10 Å². The molecular formula is C16H22N4O2S.